The van der Waals surface area contributed by atoms with Gasteiger partial charge >= 0.3 is 0 Å². The van der Waals surface area contributed by atoms with Crippen LogP contribution in [0.2, 0.25) is 0 Å². The van der Waals surface area contributed by atoms with Gasteiger partial charge in [-0.1, -0.05) is 18.7 Å². The Balaban J connectivity index is 1.76. The minimum atomic E-state index is 0.636. The Kier molecular flexibility index (Phi) is 3.48. The Morgan fingerprint density at radius 1 is 1.71 bits per heavy atom. The molecule has 1 aliphatic rings. The van der Waals surface area contributed by atoms with Crippen LogP contribution in [0, 0.1) is 5.92 Å². The Hall–Kier alpha value is -0.480. The van der Waals surface area contributed by atoms with Crippen LogP contribution in [0.1, 0.15) is 19.8 Å². The summed E-state index contributed by atoms with van der Waals surface area (Å²) in [5.41, 5.74) is 0. The number of nitrogens with one attached hydrogen (secondary N) is 1. The van der Waals surface area contributed by atoms with E-state index >= 15 is 0 Å². The zero-order valence-corrected chi connectivity index (χ0v) is 9.22. The van der Waals surface area contributed by atoms with Crippen LogP contribution in [0.5, 0.6) is 0 Å². The van der Waals surface area contributed by atoms with Gasteiger partial charge < -0.3 is 9.73 Å². The third-order valence-electron chi connectivity index (χ3n) is 2.45. The Morgan fingerprint density at radius 2 is 2.57 bits per heavy atom. The van der Waals surface area contributed by atoms with Gasteiger partial charge in [-0.2, -0.15) is 0 Å². The Bertz CT molecular complexity index is 259. The molecule has 0 aliphatic heterocycles. The van der Waals surface area contributed by atoms with E-state index in [2.05, 4.69) is 17.2 Å². The second-order valence-electron chi connectivity index (χ2n) is 3.61. The number of nitrogens with zero attached hydrogens (tertiary/aromatic N) is 1. The second kappa shape index (κ2) is 4.84. The highest BCUT2D eigenvalue weighted by Gasteiger charge is 2.30. The molecule has 0 aromatic carbocycles. The van der Waals surface area contributed by atoms with Gasteiger partial charge in [-0.15, -0.1) is 0 Å². The van der Waals surface area contributed by atoms with Crippen molar-refractivity contribution >= 4 is 11.8 Å². The minimum absolute atomic E-state index is 0.636. The highest BCUT2D eigenvalue weighted by molar-refractivity contribution is 7.99. The molecule has 14 heavy (non-hydrogen) atoms. The minimum Gasteiger partial charge on any atom is -0.440 e. The standard InChI is InChI=1S/C10H16N2OS/c1-2-11-9(8-3-4-8)7-14-10-12-5-6-13-10/h5-6,8-9,11H,2-4,7H2,1H3. The third kappa shape index (κ3) is 2.75. The lowest BCUT2D eigenvalue weighted by Gasteiger charge is -2.15. The number of oxazole rings is 1. The fourth-order valence-corrected chi connectivity index (χ4v) is 2.54. The van der Waals surface area contributed by atoms with Crippen LogP contribution in [0.3, 0.4) is 0 Å². The summed E-state index contributed by atoms with van der Waals surface area (Å²) in [4.78, 5) is 4.10. The van der Waals surface area contributed by atoms with Gasteiger partial charge in [0.15, 0.2) is 0 Å². The SMILES string of the molecule is CCNC(CSc1ncco1)C1CC1. The summed E-state index contributed by atoms with van der Waals surface area (Å²) < 4.78 is 5.19. The molecule has 1 unspecified atom stereocenters. The first-order valence-corrected chi connectivity index (χ1v) is 6.14. The molecule has 1 fully saturated rings. The van der Waals surface area contributed by atoms with E-state index in [1.165, 1.54) is 12.8 Å². The van der Waals surface area contributed by atoms with Crippen molar-refractivity contribution in [3.05, 3.63) is 12.5 Å². The summed E-state index contributed by atoms with van der Waals surface area (Å²) in [5, 5.41) is 4.30. The van der Waals surface area contributed by atoms with Crippen LogP contribution in [0.15, 0.2) is 22.1 Å². The average molecular weight is 212 g/mol. The van der Waals surface area contributed by atoms with Gasteiger partial charge in [0, 0.05) is 11.8 Å². The molecule has 1 N–H and O–H groups in total. The van der Waals surface area contributed by atoms with Gasteiger partial charge in [0.05, 0.1) is 6.20 Å². The second-order valence-corrected chi connectivity index (χ2v) is 4.58. The number of rotatable bonds is 6. The molecular weight excluding hydrogens is 196 g/mol. The van der Waals surface area contributed by atoms with Crippen molar-refractivity contribution in [2.45, 2.75) is 31.0 Å². The van der Waals surface area contributed by atoms with Crippen LogP contribution >= 0.6 is 11.8 Å². The normalized spacial score (nSPS) is 18.4. The molecule has 4 heteroatoms. The van der Waals surface area contributed by atoms with Crippen LogP contribution in [0.4, 0.5) is 0 Å². The number of hydrogen-bond donors (Lipinski definition) is 1. The van der Waals surface area contributed by atoms with Crippen molar-refractivity contribution in [2.24, 2.45) is 5.92 Å². The maximum atomic E-state index is 5.19. The summed E-state index contributed by atoms with van der Waals surface area (Å²) >= 11 is 1.70. The van der Waals surface area contributed by atoms with E-state index in [-0.39, 0.29) is 0 Å². The molecule has 0 spiro atoms. The van der Waals surface area contributed by atoms with Crippen LogP contribution in [-0.2, 0) is 0 Å². The quantitative estimate of drug-likeness (QED) is 0.733. The molecular formula is C10H16N2OS. The predicted octanol–water partition coefficient (Wildman–Crippen LogP) is 2.15. The lowest BCUT2D eigenvalue weighted by molar-refractivity contribution is 0.451. The molecule has 3 nitrogen and oxygen atoms in total. The molecule has 1 heterocycles. The van der Waals surface area contributed by atoms with E-state index in [0.29, 0.717) is 6.04 Å². The fraction of sp³-hybridized carbons (Fsp3) is 0.700. The van der Waals surface area contributed by atoms with Gasteiger partial charge in [0.2, 0.25) is 0 Å². The molecule has 1 aliphatic carbocycles. The summed E-state index contributed by atoms with van der Waals surface area (Å²) in [6.07, 6.45) is 6.08. The van der Waals surface area contributed by atoms with Crippen LogP contribution in [0.25, 0.3) is 0 Å². The monoisotopic (exact) mass is 212 g/mol. The number of thioether (sulfide) groups is 1. The lowest BCUT2D eigenvalue weighted by atomic mass is 10.2. The number of hydrogen-bond acceptors (Lipinski definition) is 4. The molecule has 0 amide bonds. The summed E-state index contributed by atoms with van der Waals surface area (Å²) in [7, 11) is 0. The van der Waals surface area contributed by atoms with Gasteiger partial charge in [-0.3, -0.25) is 0 Å². The van der Waals surface area contributed by atoms with Gasteiger partial charge in [-0.05, 0) is 25.3 Å². The largest absolute Gasteiger partial charge is 0.440 e. The Morgan fingerprint density at radius 3 is 3.14 bits per heavy atom. The summed E-state index contributed by atoms with van der Waals surface area (Å²) in [5.74, 6) is 1.95. The molecule has 78 valence electrons. The molecule has 1 aromatic rings. The fourth-order valence-electron chi connectivity index (χ4n) is 1.57. The predicted molar refractivity (Wildman–Crippen MR) is 57.4 cm³/mol. The maximum Gasteiger partial charge on any atom is 0.255 e. The highest BCUT2D eigenvalue weighted by Crippen LogP contribution is 2.34. The zero-order chi connectivity index (χ0) is 9.80. The summed E-state index contributed by atoms with van der Waals surface area (Å²) in [6.45, 7) is 3.21. The lowest BCUT2D eigenvalue weighted by Crippen LogP contribution is -2.33. The van der Waals surface area contributed by atoms with Gasteiger partial charge in [0.1, 0.15) is 6.26 Å². The molecule has 1 aromatic heterocycles. The zero-order valence-electron chi connectivity index (χ0n) is 8.40. The van der Waals surface area contributed by atoms with Crippen molar-refractivity contribution in [3.63, 3.8) is 0 Å². The van der Waals surface area contributed by atoms with Crippen LogP contribution < -0.4 is 5.32 Å². The van der Waals surface area contributed by atoms with E-state index in [4.69, 9.17) is 4.42 Å². The molecule has 1 saturated carbocycles. The smallest absolute Gasteiger partial charge is 0.255 e. The molecule has 0 bridgehead atoms. The van der Waals surface area contributed by atoms with E-state index in [1.54, 1.807) is 24.2 Å². The van der Waals surface area contributed by atoms with Crippen molar-refractivity contribution < 1.29 is 4.42 Å². The van der Waals surface area contributed by atoms with Gasteiger partial charge in [-0.25, -0.2) is 4.98 Å². The van der Waals surface area contributed by atoms with E-state index in [9.17, 15) is 0 Å². The number of aromatic nitrogens is 1. The highest BCUT2D eigenvalue weighted by atomic mass is 32.2. The molecule has 0 saturated heterocycles. The molecule has 2 rings (SSSR count). The van der Waals surface area contributed by atoms with Crippen LogP contribution in [-0.4, -0.2) is 23.3 Å². The molecule has 1 atom stereocenters. The molecule has 0 radical (unpaired) electrons. The first kappa shape index (κ1) is 10.1. The first-order chi connectivity index (χ1) is 6.90. The third-order valence-corrected chi connectivity index (χ3v) is 3.43. The maximum absolute atomic E-state index is 5.19. The van der Waals surface area contributed by atoms with Crippen molar-refractivity contribution in [2.75, 3.05) is 12.3 Å². The van der Waals surface area contributed by atoms with Crippen molar-refractivity contribution in [1.82, 2.24) is 10.3 Å². The van der Waals surface area contributed by atoms with Crippen molar-refractivity contribution in [1.29, 1.82) is 0 Å². The first-order valence-electron chi connectivity index (χ1n) is 5.16. The topological polar surface area (TPSA) is 38.1 Å². The van der Waals surface area contributed by atoms with Gasteiger partial charge in [0.25, 0.3) is 5.22 Å². The van der Waals surface area contributed by atoms with E-state index in [1.807, 2.05) is 0 Å². The average Bonchev–Trinajstić information content (AvgIpc) is 2.90. The van der Waals surface area contributed by atoms with Crippen molar-refractivity contribution in [3.8, 4) is 0 Å². The Labute approximate surface area is 88.7 Å². The van der Waals surface area contributed by atoms with E-state index in [0.717, 1.165) is 23.4 Å². The summed E-state index contributed by atoms with van der Waals surface area (Å²) in [6, 6.07) is 0.636. The van der Waals surface area contributed by atoms with E-state index < -0.39 is 0 Å².